The van der Waals surface area contributed by atoms with Crippen molar-refractivity contribution in [1.29, 1.82) is 0 Å². The molecule has 21 heavy (non-hydrogen) atoms. The van der Waals surface area contributed by atoms with Gasteiger partial charge in [-0.25, -0.2) is 0 Å². The Bertz CT molecular complexity index is 654. The second kappa shape index (κ2) is 6.79. The monoisotopic (exact) mass is 413 g/mol. The Morgan fingerprint density at radius 3 is 2.43 bits per heavy atom. The zero-order valence-corrected chi connectivity index (χ0v) is 15.1. The number of rotatable bonds is 3. The smallest absolute Gasteiger partial charge is 0.255 e. The maximum atomic E-state index is 12.7. The van der Waals surface area contributed by atoms with E-state index >= 15 is 0 Å². The van der Waals surface area contributed by atoms with E-state index < -0.39 is 0 Å². The minimum absolute atomic E-state index is 0.00826. The molecular formula is C17H17ClINO. The molecule has 0 N–H and O–H groups in total. The highest BCUT2D eigenvalue weighted by molar-refractivity contribution is 14.1. The summed E-state index contributed by atoms with van der Waals surface area (Å²) in [6.07, 6.45) is 0. The van der Waals surface area contributed by atoms with Gasteiger partial charge in [0.2, 0.25) is 0 Å². The van der Waals surface area contributed by atoms with Crippen LogP contribution in [0, 0.1) is 10.5 Å². The second-order valence-corrected chi connectivity index (χ2v) is 6.60. The van der Waals surface area contributed by atoms with Gasteiger partial charge in [0.1, 0.15) is 0 Å². The van der Waals surface area contributed by atoms with Crippen molar-refractivity contribution in [3.63, 3.8) is 0 Å². The molecule has 0 saturated heterocycles. The molecule has 0 fully saturated rings. The molecule has 4 heteroatoms. The molecule has 2 rings (SSSR count). The summed E-state index contributed by atoms with van der Waals surface area (Å²) in [7, 11) is 1.83. The zero-order valence-electron chi connectivity index (χ0n) is 12.2. The third kappa shape index (κ3) is 3.58. The number of aryl methyl sites for hydroxylation is 1. The van der Waals surface area contributed by atoms with E-state index in [1.165, 1.54) is 0 Å². The molecule has 0 aliphatic rings. The van der Waals surface area contributed by atoms with Crippen molar-refractivity contribution < 1.29 is 4.79 Å². The first kappa shape index (κ1) is 16.3. The average molecular weight is 414 g/mol. The Kier molecular flexibility index (Phi) is 5.27. The maximum Gasteiger partial charge on any atom is 0.255 e. The van der Waals surface area contributed by atoms with Gasteiger partial charge in [0.15, 0.2) is 0 Å². The minimum Gasteiger partial charge on any atom is -0.335 e. The predicted molar refractivity (Wildman–Crippen MR) is 95.9 cm³/mol. The van der Waals surface area contributed by atoms with Gasteiger partial charge in [0.25, 0.3) is 5.91 Å². The summed E-state index contributed by atoms with van der Waals surface area (Å²) in [6.45, 7) is 4.03. The number of halogens is 2. The van der Waals surface area contributed by atoms with E-state index in [0.717, 1.165) is 20.3 Å². The van der Waals surface area contributed by atoms with Crippen LogP contribution in [0.2, 0.25) is 5.02 Å². The Morgan fingerprint density at radius 1 is 1.19 bits per heavy atom. The summed E-state index contributed by atoms with van der Waals surface area (Å²) in [6, 6.07) is 13.4. The van der Waals surface area contributed by atoms with Gasteiger partial charge in [-0.15, -0.1) is 0 Å². The van der Waals surface area contributed by atoms with Crippen LogP contribution < -0.4 is 0 Å². The molecule has 0 aromatic heterocycles. The summed E-state index contributed by atoms with van der Waals surface area (Å²) >= 11 is 8.14. The number of hydrogen-bond donors (Lipinski definition) is 0. The van der Waals surface area contributed by atoms with Crippen molar-refractivity contribution in [3.8, 4) is 0 Å². The molecule has 1 amide bonds. The average Bonchev–Trinajstić information content (AvgIpc) is 2.48. The van der Waals surface area contributed by atoms with E-state index in [1.807, 2.05) is 63.4 Å². The fourth-order valence-electron chi connectivity index (χ4n) is 2.14. The van der Waals surface area contributed by atoms with Gasteiger partial charge in [-0.05, 0) is 65.8 Å². The van der Waals surface area contributed by atoms with Crippen LogP contribution >= 0.6 is 34.2 Å². The van der Waals surface area contributed by atoms with Gasteiger partial charge in [0, 0.05) is 15.6 Å². The molecule has 0 radical (unpaired) electrons. The highest BCUT2D eigenvalue weighted by atomic mass is 127. The number of carbonyl (C=O) groups excluding carboxylic acids is 1. The molecule has 2 nitrogen and oxygen atoms in total. The lowest BCUT2D eigenvalue weighted by Gasteiger charge is -2.26. The number of nitrogens with zero attached hydrogens (tertiary/aromatic N) is 1. The van der Waals surface area contributed by atoms with Gasteiger partial charge in [-0.2, -0.15) is 0 Å². The van der Waals surface area contributed by atoms with Gasteiger partial charge in [0.05, 0.1) is 11.6 Å². The first-order valence-corrected chi connectivity index (χ1v) is 8.15. The van der Waals surface area contributed by atoms with Crippen molar-refractivity contribution in [1.82, 2.24) is 4.90 Å². The van der Waals surface area contributed by atoms with E-state index in [1.54, 1.807) is 4.90 Å². The molecule has 0 bridgehead atoms. The molecule has 2 aromatic rings. The number of amides is 1. The second-order valence-electron chi connectivity index (χ2n) is 5.08. The third-order valence-electron chi connectivity index (χ3n) is 3.68. The van der Waals surface area contributed by atoms with Crippen LogP contribution in [-0.2, 0) is 0 Å². The van der Waals surface area contributed by atoms with E-state index in [-0.39, 0.29) is 11.9 Å². The van der Waals surface area contributed by atoms with Crippen molar-refractivity contribution in [2.45, 2.75) is 19.9 Å². The highest BCUT2D eigenvalue weighted by Gasteiger charge is 2.21. The van der Waals surface area contributed by atoms with Crippen LogP contribution in [-0.4, -0.2) is 17.9 Å². The number of benzene rings is 2. The molecule has 1 atom stereocenters. The highest BCUT2D eigenvalue weighted by Crippen LogP contribution is 2.24. The number of carbonyl (C=O) groups is 1. The molecule has 110 valence electrons. The normalized spacial score (nSPS) is 12.0. The van der Waals surface area contributed by atoms with Crippen LogP contribution in [0.25, 0.3) is 0 Å². The van der Waals surface area contributed by atoms with Crippen molar-refractivity contribution in [3.05, 3.63) is 67.7 Å². The molecule has 1 unspecified atom stereocenters. The molecule has 2 aromatic carbocycles. The Hall–Kier alpha value is -1.07. The van der Waals surface area contributed by atoms with Crippen molar-refractivity contribution >= 4 is 40.1 Å². The summed E-state index contributed by atoms with van der Waals surface area (Å²) in [4.78, 5) is 14.5. The lowest BCUT2D eigenvalue weighted by atomic mass is 10.1. The van der Waals surface area contributed by atoms with E-state index in [0.29, 0.717) is 5.02 Å². The molecule has 0 spiro atoms. The van der Waals surface area contributed by atoms with E-state index in [2.05, 4.69) is 22.6 Å². The maximum absolute atomic E-state index is 12.7. The third-order valence-corrected chi connectivity index (χ3v) is 5.36. The summed E-state index contributed by atoms with van der Waals surface area (Å²) in [5.74, 6) is 0.0329. The molecule has 0 aliphatic heterocycles. The first-order valence-electron chi connectivity index (χ1n) is 6.69. The summed E-state index contributed by atoms with van der Waals surface area (Å²) in [5, 5.41) is 0.702. The fraction of sp³-hybridized carbons (Fsp3) is 0.235. The molecular weight excluding hydrogens is 397 g/mol. The molecule has 0 aliphatic carbocycles. The summed E-state index contributed by atoms with van der Waals surface area (Å²) < 4.78 is 1.01. The van der Waals surface area contributed by atoms with Gasteiger partial charge >= 0.3 is 0 Å². The van der Waals surface area contributed by atoms with Crippen LogP contribution in [0.4, 0.5) is 0 Å². The summed E-state index contributed by atoms with van der Waals surface area (Å²) in [5.41, 5.74) is 2.94. The van der Waals surface area contributed by atoms with Crippen molar-refractivity contribution in [2.75, 3.05) is 7.05 Å². The topological polar surface area (TPSA) is 20.3 Å². The van der Waals surface area contributed by atoms with E-state index in [4.69, 9.17) is 11.6 Å². The number of hydrogen-bond acceptors (Lipinski definition) is 1. The van der Waals surface area contributed by atoms with Crippen LogP contribution in [0.1, 0.15) is 34.5 Å². The quantitative estimate of drug-likeness (QED) is 0.642. The van der Waals surface area contributed by atoms with Crippen LogP contribution in [0.5, 0.6) is 0 Å². The fourth-order valence-corrected chi connectivity index (χ4v) is 2.86. The molecule has 0 heterocycles. The minimum atomic E-state index is -0.00826. The Balaban J connectivity index is 2.26. The van der Waals surface area contributed by atoms with Gasteiger partial charge in [-0.3, -0.25) is 4.79 Å². The van der Waals surface area contributed by atoms with E-state index in [9.17, 15) is 4.79 Å². The largest absolute Gasteiger partial charge is 0.335 e. The SMILES string of the molecule is Cc1cccc(C(=O)N(C)C(C)c2ccc(Cl)cc2)c1I. The van der Waals surface area contributed by atoms with Crippen LogP contribution in [0.15, 0.2) is 42.5 Å². The lowest BCUT2D eigenvalue weighted by Crippen LogP contribution is -2.30. The van der Waals surface area contributed by atoms with Gasteiger partial charge in [-0.1, -0.05) is 35.9 Å². The zero-order chi connectivity index (χ0) is 15.6. The Labute approximate surface area is 144 Å². The lowest BCUT2D eigenvalue weighted by molar-refractivity contribution is 0.0741. The predicted octanol–water partition coefficient (Wildman–Crippen LogP) is 5.09. The standard InChI is InChI=1S/C17H17ClINO/c1-11-5-4-6-15(16(11)19)17(21)20(3)12(2)13-7-9-14(18)10-8-13/h4-10,12H,1-3H3. The van der Waals surface area contributed by atoms with Crippen molar-refractivity contribution in [2.24, 2.45) is 0 Å². The van der Waals surface area contributed by atoms with Crippen LogP contribution in [0.3, 0.4) is 0 Å². The molecule has 0 saturated carbocycles. The first-order chi connectivity index (χ1) is 9.91. The van der Waals surface area contributed by atoms with Gasteiger partial charge < -0.3 is 4.90 Å². The Morgan fingerprint density at radius 2 is 1.81 bits per heavy atom.